The molecule has 128 valence electrons. The van der Waals surface area contributed by atoms with Gasteiger partial charge in [0.1, 0.15) is 0 Å². The van der Waals surface area contributed by atoms with E-state index < -0.39 is 0 Å². The fraction of sp³-hybridized carbons (Fsp3) is 0.0385. The van der Waals surface area contributed by atoms with Crippen molar-refractivity contribution in [1.29, 1.82) is 0 Å². The Morgan fingerprint density at radius 3 is 1.96 bits per heavy atom. The van der Waals surface area contributed by atoms with E-state index in [1.165, 1.54) is 22.3 Å². The third-order valence-corrected chi connectivity index (χ3v) is 5.35. The van der Waals surface area contributed by atoms with Gasteiger partial charge in [-0.2, -0.15) is 0 Å². The summed E-state index contributed by atoms with van der Waals surface area (Å²) in [4.78, 5) is 13.2. The molecule has 0 atom stereocenters. The summed E-state index contributed by atoms with van der Waals surface area (Å²) in [6, 6.07) is 32.5. The van der Waals surface area contributed by atoms with Gasteiger partial charge in [-0.3, -0.25) is 4.79 Å². The first-order valence-corrected chi connectivity index (χ1v) is 9.22. The fourth-order valence-electron chi connectivity index (χ4n) is 4.07. The quantitative estimate of drug-likeness (QED) is 0.358. The monoisotopic (exact) mass is 346 g/mol. The Morgan fingerprint density at radius 2 is 1.15 bits per heavy atom. The van der Waals surface area contributed by atoms with Crippen LogP contribution >= 0.6 is 0 Å². The fourth-order valence-corrected chi connectivity index (χ4v) is 4.07. The van der Waals surface area contributed by atoms with Gasteiger partial charge in [-0.05, 0) is 39.8 Å². The number of hydrogen-bond donors (Lipinski definition) is 0. The Morgan fingerprint density at radius 1 is 0.556 bits per heavy atom. The number of benzene rings is 4. The van der Waals surface area contributed by atoms with E-state index in [1.807, 2.05) is 48.5 Å². The maximum Gasteiger partial charge on any atom is 0.193 e. The summed E-state index contributed by atoms with van der Waals surface area (Å²) in [6.07, 6.45) is 0.912. The van der Waals surface area contributed by atoms with Crippen LogP contribution in [0.3, 0.4) is 0 Å². The Kier molecular flexibility index (Phi) is 3.72. The van der Waals surface area contributed by atoms with Gasteiger partial charge < -0.3 is 0 Å². The molecule has 0 aromatic heterocycles. The van der Waals surface area contributed by atoms with Gasteiger partial charge >= 0.3 is 0 Å². The Hall–Kier alpha value is -3.45. The molecular formula is C26H18O. The smallest absolute Gasteiger partial charge is 0.193 e. The number of hydrogen-bond acceptors (Lipinski definition) is 1. The molecule has 0 fully saturated rings. The largest absolute Gasteiger partial charge is 0.289 e. The van der Waals surface area contributed by atoms with Gasteiger partial charge in [0.05, 0.1) is 0 Å². The second-order valence-corrected chi connectivity index (χ2v) is 6.91. The summed E-state index contributed by atoms with van der Waals surface area (Å²) < 4.78 is 0. The molecule has 1 heteroatoms. The topological polar surface area (TPSA) is 17.1 Å². The molecule has 5 rings (SSSR count). The lowest BCUT2D eigenvalue weighted by atomic mass is 9.90. The Bertz CT molecular complexity index is 1160. The van der Waals surface area contributed by atoms with Crippen LogP contribution in [0.25, 0.3) is 22.3 Å². The van der Waals surface area contributed by atoms with Crippen molar-refractivity contribution in [1.82, 2.24) is 0 Å². The molecule has 0 saturated heterocycles. The highest BCUT2D eigenvalue weighted by molar-refractivity contribution is 6.13. The van der Waals surface area contributed by atoms with Crippen LogP contribution in [-0.4, -0.2) is 5.78 Å². The highest BCUT2D eigenvalue weighted by Crippen LogP contribution is 2.42. The maximum atomic E-state index is 13.2. The molecule has 0 aliphatic heterocycles. The lowest BCUT2D eigenvalue weighted by Crippen LogP contribution is -2.04. The van der Waals surface area contributed by atoms with E-state index in [-0.39, 0.29) is 5.78 Å². The third-order valence-electron chi connectivity index (χ3n) is 5.35. The predicted octanol–water partition coefficient (Wildman–Crippen LogP) is 6.16. The number of fused-ring (bicyclic) bond motifs is 3. The van der Waals surface area contributed by atoms with Crippen molar-refractivity contribution in [3.8, 4) is 22.3 Å². The average molecular weight is 346 g/mol. The molecule has 0 unspecified atom stereocenters. The van der Waals surface area contributed by atoms with Crippen molar-refractivity contribution in [2.45, 2.75) is 6.42 Å². The molecule has 0 amide bonds. The van der Waals surface area contributed by atoms with E-state index in [1.54, 1.807) is 0 Å². The van der Waals surface area contributed by atoms with Crippen molar-refractivity contribution >= 4 is 5.78 Å². The Labute approximate surface area is 158 Å². The third kappa shape index (κ3) is 2.60. The molecule has 1 aliphatic carbocycles. The second kappa shape index (κ2) is 6.37. The van der Waals surface area contributed by atoms with Crippen molar-refractivity contribution in [3.05, 3.63) is 119 Å². The lowest BCUT2D eigenvalue weighted by Gasteiger charge is -2.13. The first-order chi connectivity index (χ1) is 13.3. The van der Waals surface area contributed by atoms with Gasteiger partial charge in [-0.1, -0.05) is 97.1 Å². The molecule has 0 N–H and O–H groups in total. The van der Waals surface area contributed by atoms with Crippen LogP contribution in [0.5, 0.6) is 0 Å². The molecule has 4 aromatic rings. The first kappa shape index (κ1) is 15.8. The van der Waals surface area contributed by atoms with Crippen molar-refractivity contribution in [2.75, 3.05) is 0 Å². The molecule has 1 nitrogen and oxygen atoms in total. The predicted molar refractivity (Wildman–Crippen MR) is 110 cm³/mol. The minimum atomic E-state index is 0.0688. The SMILES string of the molecule is O=C(c1ccccc1)c1ccccc1-c1cccc2c1Cc1ccccc1-2. The minimum Gasteiger partial charge on any atom is -0.289 e. The van der Waals surface area contributed by atoms with Gasteiger partial charge in [0.15, 0.2) is 5.78 Å². The molecular weight excluding hydrogens is 328 g/mol. The van der Waals surface area contributed by atoms with Crippen LogP contribution in [0, 0.1) is 0 Å². The standard InChI is InChI=1S/C26H18O/c27-26(18-9-2-1-3-10-18)24-14-7-6-13-22(24)23-16-8-15-21-20-12-5-4-11-19(20)17-25(21)23/h1-16H,17H2. The zero-order chi connectivity index (χ0) is 18.2. The minimum absolute atomic E-state index is 0.0688. The first-order valence-electron chi connectivity index (χ1n) is 9.22. The molecule has 0 spiro atoms. The van der Waals surface area contributed by atoms with Crippen LogP contribution in [0.1, 0.15) is 27.0 Å². The van der Waals surface area contributed by atoms with Gasteiger partial charge in [0.25, 0.3) is 0 Å². The summed E-state index contributed by atoms with van der Waals surface area (Å²) in [5.74, 6) is 0.0688. The van der Waals surface area contributed by atoms with Crippen molar-refractivity contribution in [2.24, 2.45) is 0 Å². The summed E-state index contributed by atoms with van der Waals surface area (Å²) in [5, 5.41) is 0. The molecule has 1 aliphatic rings. The van der Waals surface area contributed by atoms with Crippen LogP contribution in [0.2, 0.25) is 0 Å². The lowest BCUT2D eigenvalue weighted by molar-refractivity contribution is 0.103. The van der Waals surface area contributed by atoms with E-state index >= 15 is 0 Å². The highest BCUT2D eigenvalue weighted by Gasteiger charge is 2.23. The molecule has 27 heavy (non-hydrogen) atoms. The summed E-state index contributed by atoms with van der Waals surface area (Å²) in [5.41, 5.74) is 8.90. The summed E-state index contributed by atoms with van der Waals surface area (Å²) in [6.45, 7) is 0. The van der Waals surface area contributed by atoms with Gasteiger partial charge in [-0.25, -0.2) is 0 Å². The molecule has 0 radical (unpaired) electrons. The average Bonchev–Trinajstić information content (AvgIpc) is 3.13. The van der Waals surface area contributed by atoms with Crippen LogP contribution in [0.4, 0.5) is 0 Å². The van der Waals surface area contributed by atoms with Gasteiger partial charge in [0, 0.05) is 11.1 Å². The molecule has 0 heterocycles. The van der Waals surface area contributed by atoms with Gasteiger partial charge in [0.2, 0.25) is 0 Å². The van der Waals surface area contributed by atoms with E-state index in [2.05, 4.69) is 48.5 Å². The second-order valence-electron chi connectivity index (χ2n) is 6.91. The van der Waals surface area contributed by atoms with Crippen molar-refractivity contribution < 1.29 is 4.79 Å². The normalized spacial score (nSPS) is 11.7. The zero-order valence-corrected chi connectivity index (χ0v) is 14.9. The number of carbonyl (C=O) groups excluding carboxylic acids is 1. The van der Waals surface area contributed by atoms with E-state index in [0.717, 1.165) is 28.7 Å². The highest BCUT2D eigenvalue weighted by atomic mass is 16.1. The molecule has 0 bridgehead atoms. The van der Waals surface area contributed by atoms with Crippen molar-refractivity contribution in [3.63, 3.8) is 0 Å². The zero-order valence-electron chi connectivity index (χ0n) is 14.9. The number of rotatable bonds is 3. The van der Waals surface area contributed by atoms with Crippen LogP contribution in [0.15, 0.2) is 97.1 Å². The van der Waals surface area contributed by atoms with E-state index in [0.29, 0.717) is 0 Å². The summed E-state index contributed by atoms with van der Waals surface area (Å²) in [7, 11) is 0. The van der Waals surface area contributed by atoms with Gasteiger partial charge in [-0.15, -0.1) is 0 Å². The van der Waals surface area contributed by atoms with Crippen LogP contribution < -0.4 is 0 Å². The number of carbonyl (C=O) groups is 1. The van der Waals surface area contributed by atoms with E-state index in [4.69, 9.17) is 0 Å². The summed E-state index contributed by atoms with van der Waals surface area (Å²) >= 11 is 0. The molecule has 0 saturated carbocycles. The van der Waals surface area contributed by atoms with Crippen LogP contribution in [-0.2, 0) is 6.42 Å². The maximum absolute atomic E-state index is 13.2. The van der Waals surface area contributed by atoms with E-state index in [9.17, 15) is 4.79 Å². The Balaban J connectivity index is 1.67. The molecule has 4 aromatic carbocycles. The number of ketones is 1.